The molecule has 6 nitrogen and oxygen atoms in total. The first kappa shape index (κ1) is 11.5. The number of carboxylic acid groups (broad SMARTS) is 1. The van der Waals surface area contributed by atoms with Crippen LogP contribution in [0.3, 0.4) is 0 Å². The number of nitrogens with one attached hydrogen (secondary N) is 1. The molecule has 0 bridgehead atoms. The zero-order chi connectivity index (χ0) is 12.3. The van der Waals surface area contributed by atoms with E-state index < -0.39 is 5.97 Å². The van der Waals surface area contributed by atoms with Gasteiger partial charge in [0.1, 0.15) is 10.6 Å². The third kappa shape index (κ3) is 2.56. The number of aromatic carboxylic acids is 1. The lowest BCUT2D eigenvalue weighted by molar-refractivity contribution is 0.0697. The molecule has 0 radical (unpaired) electrons. The third-order valence-electron chi connectivity index (χ3n) is 2.13. The Bertz CT molecular complexity index is 515. The summed E-state index contributed by atoms with van der Waals surface area (Å²) in [5.74, 6) is -0.781. The largest absolute Gasteiger partial charge is 0.478 e. The van der Waals surface area contributed by atoms with E-state index in [1.807, 2.05) is 12.3 Å². The molecule has 2 N–H and O–H groups in total. The van der Waals surface area contributed by atoms with Crippen molar-refractivity contribution in [2.45, 2.75) is 13.0 Å². The average molecular weight is 250 g/mol. The molecule has 2 heterocycles. The topological polar surface area (TPSA) is 88.0 Å². The van der Waals surface area contributed by atoms with Gasteiger partial charge in [-0.1, -0.05) is 0 Å². The molecule has 0 spiro atoms. The van der Waals surface area contributed by atoms with E-state index in [1.165, 1.54) is 23.6 Å². The molecule has 0 amide bonds. The van der Waals surface area contributed by atoms with Gasteiger partial charge in [-0.25, -0.2) is 9.78 Å². The lowest BCUT2D eigenvalue weighted by Crippen LogP contribution is -2.12. The molecule has 0 aromatic carbocycles. The van der Waals surface area contributed by atoms with Crippen molar-refractivity contribution in [1.82, 2.24) is 15.2 Å². The van der Waals surface area contributed by atoms with Gasteiger partial charge in [0.25, 0.3) is 0 Å². The zero-order valence-corrected chi connectivity index (χ0v) is 9.81. The summed E-state index contributed by atoms with van der Waals surface area (Å²) >= 11 is 1.50. The summed E-state index contributed by atoms with van der Waals surface area (Å²) < 4.78 is 0. The summed E-state index contributed by atoms with van der Waals surface area (Å²) in [6.45, 7) is 1.89. The van der Waals surface area contributed by atoms with Crippen molar-refractivity contribution in [2.75, 3.05) is 5.32 Å². The summed E-state index contributed by atoms with van der Waals surface area (Å²) in [6.07, 6.45) is 3.05. The SMILES string of the molecule is CC(Nc1nnccc1C(=O)O)c1nccs1. The molecule has 0 saturated heterocycles. The number of aromatic nitrogens is 3. The van der Waals surface area contributed by atoms with Gasteiger partial charge >= 0.3 is 5.97 Å². The normalized spacial score (nSPS) is 12.1. The second kappa shape index (κ2) is 4.88. The molecule has 2 aromatic rings. The van der Waals surface area contributed by atoms with E-state index in [4.69, 9.17) is 5.11 Å². The molecule has 0 aliphatic heterocycles. The molecule has 0 saturated carbocycles. The molecule has 2 rings (SSSR count). The summed E-state index contributed by atoms with van der Waals surface area (Å²) in [6, 6.07) is 1.30. The summed E-state index contributed by atoms with van der Waals surface area (Å²) in [4.78, 5) is 15.1. The number of nitrogens with zero attached hydrogens (tertiary/aromatic N) is 3. The number of rotatable bonds is 4. The molecule has 17 heavy (non-hydrogen) atoms. The van der Waals surface area contributed by atoms with Crippen molar-refractivity contribution >= 4 is 23.1 Å². The minimum Gasteiger partial charge on any atom is -0.478 e. The third-order valence-corrected chi connectivity index (χ3v) is 3.08. The minimum absolute atomic E-state index is 0.100. The van der Waals surface area contributed by atoms with Crippen molar-refractivity contribution in [3.05, 3.63) is 34.4 Å². The summed E-state index contributed by atoms with van der Waals surface area (Å²) in [5.41, 5.74) is 0.100. The van der Waals surface area contributed by atoms with E-state index in [1.54, 1.807) is 6.20 Å². The fourth-order valence-electron chi connectivity index (χ4n) is 1.33. The van der Waals surface area contributed by atoms with Crippen molar-refractivity contribution in [3.8, 4) is 0 Å². The van der Waals surface area contributed by atoms with E-state index in [0.29, 0.717) is 0 Å². The Labute approximate surface area is 101 Å². The predicted octanol–water partition coefficient (Wildman–Crippen LogP) is 1.80. The van der Waals surface area contributed by atoms with Crippen LogP contribution < -0.4 is 5.32 Å². The van der Waals surface area contributed by atoms with Gasteiger partial charge in [0.05, 0.1) is 12.2 Å². The molecule has 0 fully saturated rings. The van der Waals surface area contributed by atoms with Gasteiger partial charge in [0.2, 0.25) is 0 Å². The fourth-order valence-corrected chi connectivity index (χ4v) is 1.97. The number of hydrogen-bond acceptors (Lipinski definition) is 6. The number of carboxylic acids is 1. The van der Waals surface area contributed by atoms with Gasteiger partial charge in [-0.05, 0) is 13.0 Å². The van der Waals surface area contributed by atoms with Crippen LogP contribution in [0.1, 0.15) is 28.3 Å². The van der Waals surface area contributed by atoms with E-state index >= 15 is 0 Å². The molecule has 0 aliphatic carbocycles. The minimum atomic E-state index is -1.03. The van der Waals surface area contributed by atoms with Gasteiger partial charge < -0.3 is 10.4 Å². The van der Waals surface area contributed by atoms with Crippen LogP contribution in [0.15, 0.2) is 23.8 Å². The maximum atomic E-state index is 11.0. The Kier molecular flexibility index (Phi) is 3.29. The Balaban J connectivity index is 2.21. The van der Waals surface area contributed by atoms with E-state index in [9.17, 15) is 4.79 Å². The van der Waals surface area contributed by atoms with Gasteiger partial charge in [-0.15, -0.1) is 16.4 Å². The first-order valence-corrected chi connectivity index (χ1v) is 5.77. The maximum Gasteiger partial charge on any atom is 0.339 e. The van der Waals surface area contributed by atoms with Crippen LogP contribution in [0.5, 0.6) is 0 Å². The van der Waals surface area contributed by atoms with Crippen LogP contribution in [-0.4, -0.2) is 26.3 Å². The van der Waals surface area contributed by atoms with Crippen LogP contribution in [0.25, 0.3) is 0 Å². The first-order chi connectivity index (χ1) is 8.18. The molecule has 2 aromatic heterocycles. The summed E-state index contributed by atoms with van der Waals surface area (Å²) in [7, 11) is 0. The lowest BCUT2D eigenvalue weighted by atomic mass is 10.2. The Morgan fingerprint density at radius 2 is 2.35 bits per heavy atom. The van der Waals surface area contributed by atoms with Gasteiger partial charge in [0.15, 0.2) is 5.82 Å². The van der Waals surface area contributed by atoms with Crippen LogP contribution >= 0.6 is 11.3 Å². The van der Waals surface area contributed by atoms with E-state index in [2.05, 4.69) is 20.5 Å². The Morgan fingerprint density at radius 3 is 3.00 bits per heavy atom. The van der Waals surface area contributed by atoms with Crippen molar-refractivity contribution in [1.29, 1.82) is 0 Å². The van der Waals surface area contributed by atoms with Gasteiger partial charge in [0, 0.05) is 11.6 Å². The van der Waals surface area contributed by atoms with Crippen LogP contribution in [0.2, 0.25) is 0 Å². The zero-order valence-electron chi connectivity index (χ0n) is 8.99. The van der Waals surface area contributed by atoms with Crippen molar-refractivity contribution in [2.24, 2.45) is 0 Å². The molecular weight excluding hydrogens is 240 g/mol. The summed E-state index contributed by atoms with van der Waals surface area (Å²) in [5, 5.41) is 22.2. The quantitative estimate of drug-likeness (QED) is 0.860. The molecule has 1 unspecified atom stereocenters. The average Bonchev–Trinajstić information content (AvgIpc) is 2.83. The van der Waals surface area contributed by atoms with Crippen molar-refractivity contribution in [3.63, 3.8) is 0 Å². The van der Waals surface area contributed by atoms with Crippen LogP contribution in [0, 0.1) is 0 Å². The highest BCUT2D eigenvalue weighted by Crippen LogP contribution is 2.21. The maximum absolute atomic E-state index is 11.0. The number of hydrogen-bond donors (Lipinski definition) is 2. The monoisotopic (exact) mass is 250 g/mol. The smallest absolute Gasteiger partial charge is 0.339 e. The fraction of sp³-hybridized carbons (Fsp3) is 0.200. The molecule has 7 heteroatoms. The highest BCUT2D eigenvalue weighted by molar-refractivity contribution is 7.09. The molecular formula is C10H10N4O2S. The Hall–Kier alpha value is -2.02. The van der Waals surface area contributed by atoms with E-state index in [-0.39, 0.29) is 17.4 Å². The number of thiazole rings is 1. The second-order valence-electron chi connectivity index (χ2n) is 3.34. The molecule has 0 aliphatic rings. The Morgan fingerprint density at radius 1 is 1.53 bits per heavy atom. The first-order valence-electron chi connectivity index (χ1n) is 4.89. The number of carbonyl (C=O) groups is 1. The molecule has 88 valence electrons. The standard InChI is InChI=1S/C10H10N4O2S/c1-6(9-11-4-5-17-9)13-8-7(10(15)16)2-3-12-14-8/h2-6H,1H3,(H,13,14)(H,15,16). The van der Waals surface area contributed by atoms with Crippen LogP contribution in [0.4, 0.5) is 5.82 Å². The van der Waals surface area contributed by atoms with Crippen LogP contribution in [-0.2, 0) is 0 Å². The number of anilines is 1. The van der Waals surface area contributed by atoms with Gasteiger partial charge in [-0.3, -0.25) is 0 Å². The highest BCUT2D eigenvalue weighted by atomic mass is 32.1. The predicted molar refractivity (Wildman–Crippen MR) is 63.1 cm³/mol. The second-order valence-corrected chi connectivity index (χ2v) is 4.26. The molecule has 1 atom stereocenters. The lowest BCUT2D eigenvalue weighted by Gasteiger charge is -2.12. The van der Waals surface area contributed by atoms with E-state index in [0.717, 1.165) is 5.01 Å². The van der Waals surface area contributed by atoms with Crippen molar-refractivity contribution < 1.29 is 9.90 Å². The highest BCUT2D eigenvalue weighted by Gasteiger charge is 2.15. The van der Waals surface area contributed by atoms with Gasteiger partial charge in [-0.2, -0.15) is 5.10 Å².